The van der Waals surface area contributed by atoms with Crippen LogP contribution in [0.15, 0.2) is 24.4 Å². The van der Waals surface area contributed by atoms with Crippen molar-refractivity contribution in [3.63, 3.8) is 0 Å². The van der Waals surface area contributed by atoms with Crippen LogP contribution >= 0.6 is 23.2 Å². The van der Waals surface area contributed by atoms with Crippen LogP contribution in [0.4, 0.5) is 5.82 Å². The molecule has 1 aromatic heterocycles. The van der Waals surface area contributed by atoms with Crippen LogP contribution in [0.2, 0.25) is 10.0 Å². The first kappa shape index (κ1) is 20.6. The zero-order valence-corrected chi connectivity index (χ0v) is 18.4. The third kappa shape index (κ3) is 4.13. The van der Waals surface area contributed by atoms with Gasteiger partial charge in [0.1, 0.15) is 11.6 Å². The van der Waals surface area contributed by atoms with Gasteiger partial charge in [0.15, 0.2) is 0 Å². The molecule has 7 nitrogen and oxygen atoms in total. The summed E-state index contributed by atoms with van der Waals surface area (Å²) in [6.07, 6.45) is 6.53. The molecule has 2 atom stereocenters. The summed E-state index contributed by atoms with van der Waals surface area (Å²) >= 11 is 11.9. The lowest BCUT2D eigenvalue weighted by Crippen LogP contribution is -2.64. The second-order valence-corrected chi connectivity index (χ2v) is 9.59. The van der Waals surface area contributed by atoms with Gasteiger partial charge in [-0.25, -0.2) is 4.98 Å². The van der Waals surface area contributed by atoms with Gasteiger partial charge in [0.25, 0.3) is 5.91 Å². The number of phenolic OH excluding ortho intramolecular Hbond substituents is 1. The molecule has 31 heavy (non-hydrogen) atoms. The standard InChI is InChI=1S/C22H24Cl2N4O3/c23-15-7-16(20(29)17(24)8-15)21(30)27-19-13-6-14(19)10-28(9-13)18-4-5-25-22(26-18)31-11-12-2-1-3-12/h4-5,7-8,12-14,19,29H,1-3,6,9-11H2,(H,27,30). The van der Waals surface area contributed by atoms with Gasteiger partial charge < -0.3 is 20.1 Å². The molecule has 9 heteroatoms. The number of benzene rings is 1. The van der Waals surface area contributed by atoms with Crippen molar-refractivity contribution in [1.82, 2.24) is 15.3 Å². The first-order valence-electron chi connectivity index (χ1n) is 10.7. The van der Waals surface area contributed by atoms with E-state index >= 15 is 0 Å². The fourth-order valence-electron chi connectivity index (χ4n) is 4.71. The largest absolute Gasteiger partial charge is 0.506 e. The van der Waals surface area contributed by atoms with E-state index in [9.17, 15) is 9.90 Å². The Hall–Kier alpha value is -2.25. The van der Waals surface area contributed by atoms with Gasteiger partial charge in [-0.1, -0.05) is 29.6 Å². The maximum absolute atomic E-state index is 12.7. The Morgan fingerprint density at radius 2 is 2.03 bits per heavy atom. The number of amides is 1. The molecule has 1 amide bonds. The molecule has 2 unspecified atom stereocenters. The van der Waals surface area contributed by atoms with Crippen molar-refractivity contribution >= 4 is 34.9 Å². The molecule has 164 valence electrons. The van der Waals surface area contributed by atoms with Gasteiger partial charge in [-0.05, 0) is 55.2 Å². The van der Waals surface area contributed by atoms with E-state index in [4.69, 9.17) is 27.9 Å². The van der Waals surface area contributed by atoms with Crippen molar-refractivity contribution in [2.24, 2.45) is 17.8 Å². The number of nitrogens with zero attached hydrogens (tertiary/aromatic N) is 3. The third-order valence-electron chi connectivity index (χ3n) is 6.72. The molecule has 2 saturated carbocycles. The topological polar surface area (TPSA) is 87.6 Å². The zero-order chi connectivity index (χ0) is 21.5. The highest BCUT2D eigenvalue weighted by molar-refractivity contribution is 6.36. The molecule has 2 aromatic rings. The number of fused-ring (bicyclic) bond motifs is 2. The Kier molecular flexibility index (Phi) is 5.56. The number of halogens is 2. The van der Waals surface area contributed by atoms with Gasteiger partial charge in [0.2, 0.25) is 0 Å². The number of rotatable bonds is 6. The molecule has 4 fully saturated rings. The van der Waals surface area contributed by atoms with Crippen LogP contribution in [0, 0.1) is 17.8 Å². The van der Waals surface area contributed by atoms with Crippen molar-refractivity contribution in [1.29, 1.82) is 0 Å². The second-order valence-electron chi connectivity index (χ2n) is 8.75. The van der Waals surface area contributed by atoms with Gasteiger partial charge in [-0.3, -0.25) is 4.79 Å². The zero-order valence-electron chi connectivity index (χ0n) is 16.9. The first-order valence-corrected chi connectivity index (χ1v) is 11.4. The van der Waals surface area contributed by atoms with Crippen LogP contribution in [-0.4, -0.2) is 46.7 Å². The summed E-state index contributed by atoms with van der Waals surface area (Å²) in [6, 6.07) is 5.24. The highest BCUT2D eigenvalue weighted by Gasteiger charge is 2.48. The van der Waals surface area contributed by atoms with Crippen LogP contribution < -0.4 is 15.0 Å². The summed E-state index contributed by atoms with van der Waals surface area (Å²) in [5, 5.41) is 13.6. The van der Waals surface area contributed by atoms with Crippen molar-refractivity contribution in [3.05, 3.63) is 40.0 Å². The second kappa shape index (κ2) is 8.36. The normalized spacial score (nSPS) is 24.8. The van der Waals surface area contributed by atoms with Crippen molar-refractivity contribution < 1.29 is 14.6 Å². The average molecular weight is 463 g/mol. The molecule has 3 heterocycles. The first-order chi connectivity index (χ1) is 15.0. The number of hydrogen-bond acceptors (Lipinski definition) is 6. The molecule has 4 aliphatic rings. The monoisotopic (exact) mass is 462 g/mol. The van der Waals surface area contributed by atoms with Gasteiger partial charge in [-0.2, -0.15) is 4.98 Å². The SMILES string of the molecule is O=C(NC1C2CC1CN(c1ccnc(OCC3CCC3)n1)C2)c1cc(Cl)cc(Cl)c1O. The summed E-state index contributed by atoms with van der Waals surface area (Å²) in [5.74, 6) is 1.52. The highest BCUT2D eigenvalue weighted by atomic mass is 35.5. The number of piperidine rings is 2. The van der Waals surface area contributed by atoms with Crippen LogP contribution in [0.1, 0.15) is 36.0 Å². The number of carbonyl (C=O) groups excluding carboxylic acids is 1. The molecular formula is C22H24Cl2N4O3. The number of ether oxygens (including phenoxy) is 1. The van der Waals surface area contributed by atoms with Gasteiger partial charge in [0, 0.05) is 30.4 Å². The summed E-state index contributed by atoms with van der Waals surface area (Å²) in [7, 11) is 0. The molecule has 2 aliphatic heterocycles. The maximum atomic E-state index is 12.7. The molecule has 1 aromatic carbocycles. The van der Waals surface area contributed by atoms with E-state index < -0.39 is 0 Å². The molecule has 2 bridgehead atoms. The lowest BCUT2D eigenvalue weighted by atomic mass is 9.66. The Bertz CT molecular complexity index is 989. The highest BCUT2D eigenvalue weighted by Crippen LogP contribution is 2.42. The predicted octanol–water partition coefficient (Wildman–Crippen LogP) is 3.92. The number of aromatic nitrogens is 2. The van der Waals surface area contributed by atoms with Gasteiger partial charge in [0.05, 0.1) is 17.2 Å². The lowest BCUT2D eigenvalue weighted by Gasteiger charge is -2.54. The molecule has 0 spiro atoms. The lowest BCUT2D eigenvalue weighted by molar-refractivity contribution is 0.0637. The number of nitrogens with one attached hydrogen (secondary N) is 1. The Labute approximate surface area is 190 Å². The van der Waals surface area contributed by atoms with E-state index in [0.717, 1.165) is 25.3 Å². The van der Waals surface area contributed by atoms with Crippen LogP contribution in [-0.2, 0) is 0 Å². The van der Waals surface area contributed by atoms with E-state index in [2.05, 4.69) is 20.2 Å². The molecule has 0 radical (unpaired) electrons. The number of phenols is 1. The number of hydrogen-bond donors (Lipinski definition) is 2. The number of anilines is 1. The predicted molar refractivity (Wildman–Crippen MR) is 118 cm³/mol. The van der Waals surface area contributed by atoms with Gasteiger partial charge in [-0.15, -0.1) is 0 Å². The van der Waals surface area contributed by atoms with E-state index in [1.54, 1.807) is 6.20 Å². The van der Waals surface area contributed by atoms with Crippen LogP contribution in [0.5, 0.6) is 11.8 Å². The minimum atomic E-state index is -0.358. The Balaban J connectivity index is 1.21. The molecule has 2 saturated heterocycles. The average Bonchev–Trinajstić information content (AvgIpc) is 2.73. The molecule has 6 rings (SSSR count). The molecular weight excluding hydrogens is 439 g/mol. The molecule has 2 N–H and O–H groups in total. The summed E-state index contributed by atoms with van der Waals surface area (Å²) in [5.41, 5.74) is 0.100. The summed E-state index contributed by atoms with van der Waals surface area (Å²) in [4.78, 5) is 23.8. The summed E-state index contributed by atoms with van der Waals surface area (Å²) < 4.78 is 5.78. The third-order valence-corrected chi connectivity index (χ3v) is 7.22. The quantitative estimate of drug-likeness (QED) is 0.676. The molecule has 2 aliphatic carbocycles. The number of carbonyl (C=O) groups is 1. The maximum Gasteiger partial charge on any atom is 0.318 e. The van der Waals surface area contributed by atoms with Crippen LogP contribution in [0.3, 0.4) is 0 Å². The van der Waals surface area contributed by atoms with Crippen molar-refractivity contribution in [3.8, 4) is 11.8 Å². The van der Waals surface area contributed by atoms with E-state index in [-0.39, 0.29) is 28.3 Å². The number of aromatic hydroxyl groups is 1. The fraction of sp³-hybridized carbons (Fsp3) is 0.500. The smallest absolute Gasteiger partial charge is 0.318 e. The minimum Gasteiger partial charge on any atom is -0.506 e. The van der Waals surface area contributed by atoms with E-state index in [1.165, 1.54) is 31.4 Å². The summed E-state index contributed by atoms with van der Waals surface area (Å²) in [6.45, 7) is 2.27. The van der Waals surface area contributed by atoms with E-state index in [1.807, 2.05) is 6.07 Å². The van der Waals surface area contributed by atoms with E-state index in [0.29, 0.717) is 35.4 Å². The Morgan fingerprint density at radius 1 is 1.26 bits per heavy atom. The van der Waals surface area contributed by atoms with Crippen molar-refractivity contribution in [2.45, 2.75) is 31.7 Å². The van der Waals surface area contributed by atoms with Gasteiger partial charge >= 0.3 is 6.01 Å². The minimum absolute atomic E-state index is 0.0529. The Morgan fingerprint density at radius 3 is 2.74 bits per heavy atom. The van der Waals surface area contributed by atoms with Crippen molar-refractivity contribution in [2.75, 3.05) is 24.6 Å². The fourth-order valence-corrected chi connectivity index (χ4v) is 5.20. The van der Waals surface area contributed by atoms with Crippen LogP contribution in [0.25, 0.3) is 0 Å².